The third kappa shape index (κ3) is 8.76. The molecule has 0 saturated carbocycles. The van der Waals surface area contributed by atoms with Crippen LogP contribution in [-0.2, 0) is 0 Å². The van der Waals surface area contributed by atoms with Crippen molar-refractivity contribution in [1.29, 1.82) is 0 Å². The Morgan fingerprint density at radius 1 is 1.17 bits per heavy atom. The van der Waals surface area contributed by atoms with Gasteiger partial charge in [-0.2, -0.15) is 13.2 Å². The molecule has 0 aliphatic rings. The summed E-state index contributed by atoms with van der Waals surface area (Å²) in [5.74, 6) is 0.126. The zero-order valence-electron chi connectivity index (χ0n) is 13.2. The molecule has 0 aromatic heterocycles. The Hall–Kier alpha value is -1.77. The van der Waals surface area contributed by atoms with Gasteiger partial charge in [0.2, 0.25) is 0 Å². The zero-order valence-corrected chi connectivity index (χ0v) is 14.8. The third-order valence-corrected chi connectivity index (χ3v) is 3.44. The number of hydrogen-bond acceptors (Lipinski definition) is 2. The van der Waals surface area contributed by atoms with E-state index in [4.69, 9.17) is 0 Å². The number of nitrogens with one attached hydrogen (secondary N) is 3. The highest BCUT2D eigenvalue weighted by atomic mass is 79.9. The Bertz CT molecular complexity index is 564. The van der Waals surface area contributed by atoms with E-state index < -0.39 is 12.6 Å². The van der Waals surface area contributed by atoms with Crippen molar-refractivity contribution in [2.24, 2.45) is 4.99 Å². The lowest BCUT2D eigenvalue weighted by Gasteiger charge is -2.13. The van der Waals surface area contributed by atoms with Gasteiger partial charge in [-0.25, -0.2) is 0 Å². The molecule has 1 rings (SSSR count). The van der Waals surface area contributed by atoms with Crippen LogP contribution in [0.1, 0.15) is 23.2 Å². The number of aliphatic imine (C=N–C) groups is 1. The average Bonchev–Trinajstić information content (AvgIpc) is 2.51. The number of amides is 1. The van der Waals surface area contributed by atoms with Gasteiger partial charge in [-0.05, 0) is 24.6 Å². The molecule has 0 aliphatic heterocycles. The molecule has 0 unspecified atom stereocenters. The molecule has 0 heterocycles. The van der Waals surface area contributed by atoms with Crippen LogP contribution in [0.25, 0.3) is 0 Å². The molecule has 5 nitrogen and oxygen atoms in total. The predicted molar refractivity (Wildman–Crippen MR) is 91.1 cm³/mol. The van der Waals surface area contributed by atoms with Gasteiger partial charge in [0.1, 0.15) is 0 Å². The van der Waals surface area contributed by atoms with Gasteiger partial charge in [-0.1, -0.05) is 22.0 Å². The second kappa shape index (κ2) is 10.2. The monoisotopic (exact) mass is 408 g/mol. The number of carbonyl (C=O) groups is 1. The fourth-order valence-electron chi connectivity index (χ4n) is 1.77. The van der Waals surface area contributed by atoms with Gasteiger partial charge in [0.25, 0.3) is 5.91 Å². The number of guanidine groups is 1. The topological polar surface area (TPSA) is 65.5 Å². The number of benzene rings is 1. The van der Waals surface area contributed by atoms with Crippen LogP contribution in [0.3, 0.4) is 0 Å². The van der Waals surface area contributed by atoms with Crippen LogP contribution < -0.4 is 16.0 Å². The lowest BCUT2D eigenvalue weighted by molar-refractivity contribution is -0.132. The molecular formula is C15H20BrF3N4O. The van der Waals surface area contributed by atoms with Crippen molar-refractivity contribution in [1.82, 2.24) is 16.0 Å². The summed E-state index contributed by atoms with van der Waals surface area (Å²) in [6.07, 6.45) is -4.50. The average molecular weight is 409 g/mol. The molecule has 0 bridgehead atoms. The smallest absolute Gasteiger partial charge is 0.356 e. The van der Waals surface area contributed by atoms with Crippen LogP contribution >= 0.6 is 15.9 Å². The number of carbonyl (C=O) groups excluding carboxylic acids is 1. The summed E-state index contributed by atoms with van der Waals surface area (Å²) in [4.78, 5) is 15.7. The highest BCUT2D eigenvalue weighted by Crippen LogP contribution is 2.18. The molecule has 0 radical (unpaired) electrons. The minimum atomic E-state index is -4.19. The number of hydrogen-bond donors (Lipinski definition) is 3. The summed E-state index contributed by atoms with van der Waals surface area (Å²) in [6, 6.07) is 7.04. The minimum Gasteiger partial charge on any atom is -0.356 e. The predicted octanol–water partition coefficient (Wildman–Crippen LogP) is 2.69. The molecular weight excluding hydrogens is 389 g/mol. The van der Waals surface area contributed by atoms with E-state index in [0.29, 0.717) is 31.0 Å². The normalized spacial score (nSPS) is 12.0. The van der Waals surface area contributed by atoms with Gasteiger partial charge in [-0.3, -0.25) is 9.79 Å². The van der Waals surface area contributed by atoms with Crippen molar-refractivity contribution in [3.05, 3.63) is 34.3 Å². The summed E-state index contributed by atoms with van der Waals surface area (Å²) >= 11 is 3.30. The molecule has 9 heteroatoms. The van der Waals surface area contributed by atoms with Crippen LogP contribution in [0.2, 0.25) is 0 Å². The van der Waals surface area contributed by atoms with E-state index in [1.807, 2.05) is 6.07 Å². The van der Waals surface area contributed by atoms with Crippen molar-refractivity contribution >= 4 is 27.8 Å². The van der Waals surface area contributed by atoms with Crippen LogP contribution in [-0.4, -0.2) is 44.7 Å². The third-order valence-electron chi connectivity index (χ3n) is 2.94. The van der Waals surface area contributed by atoms with E-state index in [0.717, 1.165) is 4.47 Å². The van der Waals surface area contributed by atoms with Crippen LogP contribution in [0, 0.1) is 0 Å². The summed E-state index contributed by atoms with van der Waals surface area (Å²) in [5, 5.41) is 8.25. The molecule has 3 N–H and O–H groups in total. The van der Waals surface area contributed by atoms with Crippen molar-refractivity contribution in [3.8, 4) is 0 Å². The first-order valence-corrected chi connectivity index (χ1v) is 8.16. The number of rotatable bonds is 7. The van der Waals surface area contributed by atoms with Crippen molar-refractivity contribution < 1.29 is 18.0 Å². The first-order valence-electron chi connectivity index (χ1n) is 7.37. The minimum absolute atomic E-state index is 0.177. The van der Waals surface area contributed by atoms with Crippen LogP contribution in [0.5, 0.6) is 0 Å². The lowest BCUT2D eigenvalue weighted by Crippen LogP contribution is -2.40. The fraction of sp³-hybridized carbons (Fsp3) is 0.467. The van der Waals surface area contributed by atoms with Gasteiger partial charge in [-0.15, -0.1) is 0 Å². The van der Waals surface area contributed by atoms with Gasteiger partial charge >= 0.3 is 6.18 Å². The maximum atomic E-state index is 12.1. The molecule has 0 saturated heterocycles. The molecule has 0 aliphatic carbocycles. The first kappa shape index (κ1) is 20.3. The van der Waals surface area contributed by atoms with E-state index >= 15 is 0 Å². The Labute approximate surface area is 147 Å². The highest BCUT2D eigenvalue weighted by molar-refractivity contribution is 9.10. The molecule has 134 valence electrons. The number of halogens is 4. The zero-order chi connectivity index (χ0) is 18.0. The number of alkyl halides is 3. The number of nitrogens with zero attached hydrogens (tertiary/aromatic N) is 1. The quantitative estimate of drug-likeness (QED) is 0.369. The molecule has 1 aromatic carbocycles. The summed E-state index contributed by atoms with van der Waals surface area (Å²) in [5.41, 5.74) is 0.557. The fourth-order valence-corrected chi connectivity index (χ4v) is 2.17. The van der Waals surface area contributed by atoms with Gasteiger partial charge < -0.3 is 16.0 Å². The van der Waals surface area contributed by atoms with E-state index in [2.05, 4.69) is 36.9 Å². The Morgan fingerprint density at radius 2 is 1.83 bits per heavy atom. The molecule has 1 amide bonds. The largest absolute Gasteiger partial charge is 0.390 e. The van der Waals surface area contributed by atoms with Gasteiger partial charge in [0.05, 0.1) is 6.42 Å². The van der Waals surface area contributed by atoms with Gasteiger partial charge in [0, 0.05) is 36.7 Å². The van der Waals surface area contributed by atoms with Crippen LogP contribution in [0.15, 0.2) is 33.7 Å². The van der Waals surface area contributed by atoms with E-state index in [-0.39, 0.29) is 12.5 Å². The Kier molecular flexibility index (Phi) is 8.59. The Morgan fingerprint density at radius 3 is 2.46 bits per heavy atom. The first-order chi connectivity index (χ1) is 11.3. The molecule has 0 atom stereocenters. The van der Waals surface area contributed by atoms with E-state index in [1.165, 1.54) is 7.05 Å². The maximum Gasteiger partial charge on any atom is 0.390 e. The molecule has 0 fully saturated rings. The maximum absolute atomic E-state index is 12.1. The molecule has 0 spiro atoms. The molecule has 24 heavy (non-hydrogen) atoms. The van der Waals surface area contributed by atoms with Crippen LogP contribution in [0.4, 0.5) is 13.2 Å². The van der Waals surface area contributed by atoms with E-state index in [9.17, 15) is 18.0 Å². The molecule has 1 aromatic rings. The van der Waals surface area contributed by atoms with Crippen molar-refractivity contribution in [2.75, 3.05) is 26.7 Å². The second-order valence-electron chi connectivity index (χ2n) is 4.91. The van der Waals surface area contributed by atoms with E-state index in [1.54, 1.807) is 18.2 Å². The van der Waals surface area contributed by atoms with Crippen molar-refractivity contribution in [3.63, 3.8) is 0 Å². The van der Waals surface area contributed by atoms with Crippen molar-refractivity contribution in [2.45, 2.75) is 19.0 Å². The van der Waals surface area contributed by atoms with Gasteiger partial charge in [0.15, 0.2) is 5.96 Å². The summed E-state index contributed by atoms with van der Waals surface area (Å²) < 4.78 is 37.0. The lowest BCUT2D eigenvalue weighted by atomic mass is 10.2. The Balaban J connectivity index is 2.19. The SMILES string of the molecule is CN=C(NCCCNC(=O)c1cccc(Br)c1)NCCC(F)(F)F. The summed E-state index contributed by atoms with van der Waals surface area (Å²) in [7, 11) is 1.48. The standard InChI is InChI=1S/C15H20BrF3N4O/c1-20-14(23-9-6-15(17,18)19)22-8-3-7-21-13(24)11-4-2-5-12(16)10-11/h2,4-5,10H,3,6-9H2,1H3,(H,21,24)(H2,20,22,23). The second-order valence-corrected chi connectivity index (χ2v) is 5.83. The summed E-state index contributed by atoms with van der Waals surface area (Å²) in [6.45, 7) is 0.686. The highest BCUT2D eigenvalue weighted by Gasteiger charge is 2.26.